The second-order valence-corrected chi connectivity index (χ2v) is 11.7. The molecule has 1 N–H and O–H groups in total. The van der Waals surface area contributed by atoms with Crippen molar-refractivity contribution >= 4 is 11.8 Å². The van der Waals surface area contributed by atoms with Gasteiger partial charge < -0.3 is 15.0 Å². The van der Waals surface area contributed by atoms with Gasteiger partial charge in [0.25, 0.3) is 0 Å². The smallest absolute Gasteiger partial charge is 0.244 e. The lowest BCUT2D eigenvalue weighted by molar-refractivity contribution is -0.150. The monoisotopic (exact) mass is 609 g/mol. The minimum absolute atomic E-state index is 0.0828. The first-order valence-corrected chi connectivity index (χ1v) is 15.5. The Kier molecular flexibility index (Phi) is 10.2. The Bertz CT molecular complexity index is 1610. The van der Waals surface area contributed by atoms with Gasteiger partial charge in [0.15, 0.2) is 0 Å². The van der Waals surface area contributed by atoms with Crippen molar-refractivity contribution in [3.05, 3.63) is 108 Å². The number of nitrogens with one attached hydrogen (secondary N) is 1. The molecule has 45 heavy (non-hydrogen) atoms. The summed E-state index contributed by atoms with van der Waals surface area (Å²) >= 11 is 0. The van der Waals surface area contributed by atoms with Crippen molar-refractivity contribution in [3.8, 4) is 22.8 Å². The van der Waals surface area contributed by atoms with Crippen molar-refractivity contribution in [1.29, 1.82) is 0 Å². The molecule has 1 saturated heterocycles. The van der Waals surface area contributed by atoms with Crippen LogP contribution in [0.5, 0.6) is 11.5 Å². The van der Waals surface area contributed by atoms with Crippen molar-refractivity contribution < 1.29 is 18.7 Å². The van der Waals surface area contributed by atoms with E-state index in [4.69, 9.17) is 4.74 Å². The van der Waals surface area contributed by atoms with Crippen LogP contribution in [0.4, 0.5) is 4.39 Å². The molecule has 3 heterocycles. The van der Waals surface area contributed by atoms with Crippen LogP contribution in [0.3, 0.4) is 0 Å². The molecule has 1 aliphatic rings. The van der Waals surface area contributed by atoms with Gasteiger partial charge in [-0.2, -0.15) is 0 Å². The Morgan fingerprint density at radius 3 is 2.42 bits per heavy atom. The maximum absolute atomic E-state index is 15.3. The van der Waals surface area contributed by atoms with Gasteiger partial charge in [-0.1, -0.05) is 57.2 Å². The number of ether oxygens (including phenoxy) is 1. The number of hydrogen-bond acceptors (Lipinski definition) is 6. The van der Waals surface area contributed by atoms with Crippen LogP contribution in [0.15, 0.2) is 85.2 Å². The number of benzene rings is 2. The number of hydrogen-bond donors (Lipinski definition) is 1. The van der Waals surface area contributed by atoms with Crippen LogP contribution in [0, 0.1) is 11.7 Å². The maximum Gasteiger partial charge on any atom is 0.244 e. The zero-order valence-corrected chi connectivity index (χ0v) is 26.2. The number of amides is 2. The minimum atomic E-state index is -0.738. The summed E-state index contributed by atoms with van der Waals surface area (Å²) in [6.45, 7) is 8.88. The van der Waals surface area contributed by atoms with Crippen LogP contribution in [-0.4, -0.2) is 56.8 Å². The molecule has 0 saturated carbocycles. The molecule has 0 aliphatic carbocycles. The van der Waals surface area contributed by atoms with Crippen LogP contribution >= 0.6 is 0 Å². The lowest BCUT2D eigenvalue weighted by Crippen LogP contribution is -2.64. The Balaban J connectivity index is 1.33. The maximum atomic E-state index is 15.3. The molecule has 1 aliphatic heterocycles. The highest BCUT2D eigenvalue weighted by molar-refractivity contribution is 5.89. The zero-order chi connectivity index (χ0) is 31.9. The highest BCUT2D eigenvalue weighted by Gasteiger charge is 2.40. The summed E-state index contributed by atoms with van der Waals surface area (Å²) in [4.78, 5) is 39.6. The van der Waals surface area contributed by atoms with E-state index in [2.05, 4.69) is 15.3 Å². The van der Waals surface area contributed by atoms with Crippen molar-refractivity contribution in [2.75, 3.05) is 13.1 Å². The number of pyridine rings is 2. The number of aromatic nitrogens is 2. The molecule has 5 rings (SSSR count). The number of halogens is 1. The zero-order valence-electron chi connectivity index (χ0n) is 26.2. The van der Waals surface area contributed by atoms with Crippen LogP contribution in [0.2, 0.25) is 0 Å². The van der Waals surface area contributed by atoms with E-state index in [1.807, 2.05) is 81.1 Å². The first kappa shape index (κ1) is 31.8. The van der Waals surface area contributed by atoms with Crippen LogP contribution in [-0.2, 0) is 29.1 Å². The predicted octanol–water partition coefficient (Wildman–Crippen LogP) is 6.01. The van der Waals surface area contributed by atoms with Gasteiger partial charge in [-0.05, 0) is 55.3 Å². The van der Waals surface area contributed by atoms with Crippen molar-refractivity contribution in [1.82, 2.24) is 25.1 Å². The van der Waals surface area contributed by atoms with E-state index in [1.165, 1.54) is 6.07 Å². The third-order valence-electron chi connectivity index (χ3n) is 8.06. The average molecular weight is 610 g/mol. The second kappa shape index (κ2) is 14.4. The summed E-state index contributed by atoms with van der Waals surface area (Å²) in [5.74, 6) is -0.00725. The largest absolute Gasteiger partial charge is 0.455 e. The third-order valence-corrected chi connectivity index (χ3v) is 8.06. The van der Waals surface area contributed by atoms with Gasteiger partial charge in [0, 0.05) is 61.7 Å². The Morgan fingerprint density at radius 2 is 1.71 bits per heavy atom. The molecule has 2 aromatic carbocycles. The van der Waals surface area contributed by atoms with E-state index in [-0.39, 0.29) is 36.9 Å². The molecule has 234 valence electrons. The van der Waals surface area contributed by atoms with E-state index in [1.54, 1.807) is 35.5 Å². The first-order valence-electron chi connectivity index (χ1n) is 15.5. The highest BCUT2D eigenvalue weighted by Crippen LogP contribution is 2.31. The van der Waals surface area contributed by atoms with Gasteiger partial charge in [0.2, 0.25) is 11.8 Å². The van der Waals surface area contributed by atoms with Crippen LogP contribution in [0.1, 0.15) is 44.5 Å². The molecule has 2 aromatic heterocycles. The first-order chi connectivity index (χ1) is 21.7. The number of aryl methyl sites for hydroxylation is 1. The van der Waals surface area contributed by atoms with Gasteiger partial charge in [-0.3, -0.25) is 24.5 Å². The van der Waals surface area contributed by atoms with E-state index < -0.39 is 11.9 Å². The molecule has 0 unspecified atom stereocenters. The number of carbonyl (C=O) groups is 2. The SMILES string of the molecule is CCc1ncccc1Oc1cccc(F)c1CN1C[C@@H](C)N(C(=O)C(C)C)[C@@H](C(=O)NCc2ccc(-c3ccccn3)cc2)C1. The molecule has 0 spiro atoms. The number of rotatable bonds is 10. The molecule has 2 atom stereocenters. The van der Waals surface area contributed by atoms with E-state index in [0.717, 1.165) is 22.5 Å². The second-order valence-electron chi connectivity index (χ2n) is 11.7. The Hall–Kier alpha value is -4.63. The van der Waals surface area contributed by atoms with Crippen molar-refractivity contribution in [2.24, 2.45) is 5.92 Å². The molecule has 8 nitrogen and oxygen atoms in total. The quantitative estimate of drug-likeness (QED) is 0.237. The summed E-state index contributed by atoms with van der Waals surface area (Å²) in [5.41, 5.74) is 3.97. The van der Waals surface area contributed by atoms with Gasteiger partial charge >= 0.3 is 0 Å². The minimum Gasteiger partial charge on any atom is -0.455 e. The molecule has 1 fully saturated rings. The predicted molar refractivity (Wildman–Crippen MR) is 172 cm³/mol. The lowest BCUT2D eigenvalue weighted by atomic mass is 10.0. The fourth-order valence-electron chi connectivity index (χ4n) is 5.73. The fourth-order valence-corrected chi connectivity index (χ4v) is 5.73. The number of piperazine rings is 1. The summed E-state index contributed by atoms with van der Waals surface area (Å²) in [6, 6.07) is 21.0. The van der Waals surface area contributed by atoms with E-state index in [0.29, 0.717) is 36.6 Å². The van der Waals surface area contributed by atoms with Crippen molar-refractivity contribution in [3.63, 3.8) is 0 Å². The normalized spacial score (nSPS) is 16.9. The molecular weight excluding hydrogens is 569 g/mol. The molecule has 0 radical (unpaired) electrons. The summed E-state index contributed by atoms with van der Waals surface area (Å²) < 4.78 is 21.5. The lowest BCUT2D eigenvalue weighted by Gasteiger charge is -2.45. The highest BCUT2D eigenvalue weighted by atomic mass is 19.1. The number of carbonyl (C=O) groups excluding carboxylic acids is 2. The molecule has 4 aromatic rings. The van der Waals surface area contributed by atoms with Gasteiger partial charge in [-0.25, -0.2) is 4.39 Å². The van der Waals surface area contributed by atoms with Gasteiger partial charge in [0.05, 0.1) is 11.4 Å². The standard InChI is InChI=1S/C36H40FN5O3/c1-5-30-34(13-9-19-38-30)45-33-12-8-10-29(37)28(33)22-41-21-25(4)42(36(44)24(2)3)32(23-41)35(43)40-20-26-14-16-27(17-15-26)31-11-6-7-18-39-31/h6-19,24-25,32H,5,20-23H2,1-4H3,(H,40,43)/t25-,32-/m1/s1. The summed E-state index contributed by atoms with van der Waals surface area (Å²) in [5, 5.41) is 3.04. The van der Waals surface area contributed by atoms with Crippen LogP contribution in [0.25, 0.3) is 11.3 Å². The number of nitrogens with zero attached hydrogens (tertiary/aromatic N) is 4. The molecule has 9 heteroatoms. The topological polar surface area (TPSA) is 87.7 Å². The van der Waals surface area contributed by atoms with Crippen LogP contribution < -0.4 is 10.1 Å². The van der Waals surface area contributed by atoms with Gasteiger partial charge in [0.1, 0.15) is 23.4 Å². The fraction of sp³-hybridized carbons (Fsp3) is 0.333. The Morgan fingerprint density at radius 1 is 0.956 bits per heavy atom. The molecular formula is C36H40FN5O3. The van der Waals surface area contributed by atoms with E-state index in [9.17, 15) is 9.59 Å². The Labute approximate surface area is 264 Å². The molecule has 0 bridgehead atoms. The third kappa shape index (κ3) is 7.54. The van der Waals surface area contributed by atoms with Crippen molar-refractivity contribution in [2.45, 2.75) is 59.3 Å². The molecule has 2 amide bonds. The van der Waals surface area contributed by atoms with E-state index >= 15 is 4.39 Å². The average Bonchev–Trinajstić information content (AvgIpc) is 3.05. The van der Waals surface area contributed by atoms with Gasteiger partial charge in [-0.15, -0.1) is 0 Å². The summed E-state index contributed by atoms with van der Waals surface area (Å²) in [7, 11) is 0. The summed E-state index contributed by atoms with van der Waals surface area (Å²) in [6.07, 6.45) is 4.14.